The molecule has 0 amide bonds. The molecule has 0 spiro atoms. The molecule has 132 valence electrons. The van der Waals surface area contributed by atoms with Crippen molar-refractivity contribution in [1.29, 1.82) is 0 Å². The number of allylic oxidation sites excluding steroid dienone is 1. The molecule has 1 aliphatic carbocycles. The highest BCUT2D eigenvalue weighted by Gasteiger charge is 2.47. The highest BCUT2D eigenvalue weighted by Crippen LogP contribution is 2.49. The van der Waals surface area contributed by atoms with Crippen LogP contribution in [0.2, 0.25) is 0 Å². The number of aromatic nitrogens is 1. The molecule has 4 aliphatic rings. The Morgan fingerprint density at radius 2 is 2.12 bits per heavy atom. The highest BCUT2D eigenvalue weighted by molar-refractivity contribution is 5.85. The van der Waals surface area contributed by atoms with Crippen LogP contribution < -0.4 is 4.84 Å². The van der Waals surface area contributed by atoms with Crippen molar-refractivity contribution in [1.82, 2.24) is 9.63 Å². The van der Waals surface area contributed by atoms with Crippen molar-refractivity contribution in [3.63, 3.8) is 0 Å². The molecular weight excluding hydrogens is 312 g/mol. The number of piperidine rings is 1. The van der Waals surface area contributed by atoms with Crippen LogP contribution >= 0.6 is 0 Å². The molecule has 0 N–H and O–H groups in total. The van der Waals surface area contributed by atoms with Crippen LogP contribution in [0, 0.1) is 11.8 Å². The van der Waals surface area contributed by atoms with Gasteiger partial charge in [-0.2, -0.15) is 4.73 Å². The predicted molar refractivity (Wildman–Crippen MR) is 98.6 cm³/mol. The van der Waals surface area contributed by atoms with Gasteiger partial charge in [0.25, 0.3) is 0 Å². The van der Waals surface area contributed by atoms with Crippen molar-refractivity contribution in [2.24, 2.45) is 11.8 Å². The quantitative estimate of drug-likeness (QED) is 0.747. The number of rotatable bonds is 1. The van der Waals surface area contributed by atoms with E-state index in [-0.39, 0.29) is 6.10 Å². The van der Waals surface area contributed by atoms with Gasteiger partial charge in [-0.15, -0.1) is 0 Å². The molecule has 4 bridgehead atoms. The highest BCUT2D eigenvalue weighted by atomic mass is 16.6. The van der Waals surface area contributed by atoms with Gasteiger partial charge in [-0.25, -0.2) is 0 Å². The number of ether oxygens (including phenoxy) is 1. The van der Waals surface area contributed by atoms with Gasteiger partial charge in [-0.05, 0) is 44.4 Å². The summed E-state index contributed by atoms with van der Waals surface area (Å²) in [5, 5.41) is 1.32. The second-order valence-corrected chi connectivity index (χ2v) is 7.74. The van der Waals surface area contributed by atoms with Gasteiger partial charge < -0.3 is 9.57 Å². The van der Waals surface area contributed by atoms with Gasteiger partial charge in [0.05, 0.1) is 17.8 Å². The molecule has 4 heteroatoms. The fourth-order valence-electron chi connectivity index (χ4n) is 5.52. The molecular formula is C21H26N2O2. The Morgan fingerprint density at radius 1 is 1.28 bits per heavy atom. The van der Waals surface area contributed by atoms with Gasteiger partial charge in [0, 0.05) is 23.9 Å². The molecule has 6 rings (SSSR count). The molecule has 0 radical (unpaired) electrons. The Balaban J connectivity index is 1.75. The summed E-state index contributed by atoms with van der Waals surface area (Å²) in [6.07, 6.45) is 4.62. The minimum Gasteiger partial charge on any atom is -0.417 e. The summed E-state index contributed by atoms with van der Waals surface area (Å²) in [7, 11) is 4.04. The molecule has 4 heterocycles. The van der Waals surface area contributed by atoms with Crippen molar-refractivity contribution >= 4 is 10.9 Å². The standard InChI is InChI=1S/C21H26N2O2/c1-4-13-11-22(2)19-9-16-14-7-5-6-8-18(14)23(24-3)21(16)20-10-15(13)17(19)12-25-20/h4-8,15,17,19-20H,9-12H2,1-3H3/t15-,17-,19-,20+/m0/s1. The number of likely N-dealkylation sites (tertiary alicyclic amines) is 1. The Hall–Kier alpha value is -1.78. The lowest BCUT2D eigenvalue weighted by molar-refractivity contribution is -0.0887. The van der Waals surface area contributed by atoms with E-state index < -0.39 is 0 Å². The molecule has 4 nitrogen and oxygen atoms in total. The van der Waals surface area contributed by atoms with E-state index in [4.69, 9.17) is 9.57 Å². The van der Waals surface area contributed by atoms with Gasteiger partial charge in [0.1, 0.15) is 13.2 Å². The fraction of sp³-hybridized carbons (Fsp3) is 0.524. The number of hydrogen-bond donors (Lipinski definition) is 0. The number of hydrogen-bond acceptors (Lipinski definition) is 3. The first-order valence-corrected chi connectivity index (χ1v) is 9.36. The van der Waals surface area contributed by atoms with E-state index in [1.807, 2.05) is 4.73 Å². The molecule has 2 aromatic rings. The van der Waals surface area contributed by atoms with Crippen molar-refractivity contribution in [2.45, 2.75) is 31.9 Å². The van der Waals surface area contributed by atoms with E-state index in [0.717, 1.165) is 31.5 Å². The van der Waals surface area contributed by atoms with Crippen LogP contribution in [0.1, 0.15) is 30.7 Å². The molecule has 25 heavy (non-hydrogen) atoms. The van der Waals surface area contributed by atoms with Crippen LogP contribution in [0.4, 0.5) is 0 Å². The summed E-state index contributed by atoms with van der Waals surface area (Å²) in [6, 6.07) is 9.14. The van der Waals surface area contributed by atoms with Crippen LogP contribution in [0.25, 0.3) is 10.9 Å². The molecule has 1 aromatic heterocycles. The van der Waals surface area contributed by atoms with Crippen molar-refractivity contribution in [3.05, 3.63) is 47.2 Å². The lowest BCUT2D eigenvalue weighted by atomic mass is 9.69. The van der Waals surface area contributed by atoms with Crippen molar-refractivity contribution < 1.29 is 9.57 Å². The van der Waals surface area contributed by atoms with Crippen LogP contribution in [-0.2, 0) is 11.2 Å². The summed E-state index contributed by atoms with van der Waals surface area (Å²) >= 11 is 0. The van der Waals surface area contributed by atoms with E-state index in [1.165, 1.54) is 16.6 Å². The summed E-state index contributed by atoms with van der Waals surface area (Å²) in [5.74, 6) is 1.24. The molecule has 2 saturated heterocycles. The number of likely N-dealkylation sites (N-methyl/N-ethyl adjacent to an activating group) is 1. The zero-order chi connectivity index (χ0) is 17.1. The van der Waals surface area contributed by atoms with E-state index in [1.54, 1.807) is 12.7 Å². The number of fused-ring (bicyclic) bond motifs is 2. The molecule has 2 fully saturated rings. The third kappa shape index (κ3) is 2.07. The summed E-state index contributed by atoms with van der Waals surface area (Å²) in [5.41, 5.74) is 5.40. The van der Waals surface area contributed by atoms with Crippen molar-refractivity contribution in [2.75, 3.05) is 27.3 Å². The van der Waals surface area contributed by atoms with Gasteiger partial charge in [0.2, 0.25) is 0 Å². The van der Waals surface area contributed by atoms with Crippen LogP contribution in [-0.4, -0.2) is 43.0 Å². The maximum absolute atomic E-state index is 6.40. The SMILES string of the molecule is CC=C1CN(C)[C@H]2Cc3c(n(OC)c4ccccc34)[C@H]3C[C@@H]1[C@@H]2CO3. The summed E-state index contributed by atoms with van der Waals surface area (Å²) in [4.78, 5) is 8.36. The number of nitrogens with zero attached hydrogens (tertiary/aromatic N) is 2. The van der Waals surface area contributed by atoms with Gasteiger partial charge in [0.15, 0.2) is 0 Å². The Labute approximate surface area is 149 Å². The average Bonchev–Trinajstić information content (AvgIpc) is 2.94. The lowest BCUT2D eigenvalue weighted by Crippen LogP contribution is -2.54. The average molecular weight is 338 g/mol. The summed E-state index contributed by atoms with van der Waals surface area (Å²) in [6.45, 7) is 4.13. The molecule has 4 atom stereocenters. The topological polar surface area (TPSA) is 26.6 Å². The third-order valence-electron chi connectivity index (χ3n) is 6.69. The first-order valence-electron chi connectivity index (χ1n) is 9.36. The monoisotopic (exact) mass is 338 g/mol. The first-order chi connectivity index (χ1) is 12.2. The van der Waals surface area contributed by atoms with E-state index in [0.29, 0.717) is 17.9 Å². The summed E-state index contributed by atoms with van der Waals surface area (Å²) < 4.78 is 8.42. The van der Waals surface area contributed by atoms with Crippen LogP contribution in [0.15, 0.2) is 35.9 Å². The fourth-order valence-corrected chi connectivity index (χ4v) is 5.52. The second kappa shape index (κ2) is 5.61. The number of para-hydroxylation sites is 1. The van der Waals surface area contributed by atoms with Crippen LogP contribution in [0.3, 0.4) is 0 Å². The largest absolute Gasteiger partial charge is 0.417 e. The molecule has 0 unspecified atom stereocenters. The first kappa shape index (κ1) is 15.5. The van der Waals surface area contributed by atoms with E-state index in [2.05, 4.69) is 49.2 Å². The minimum absolute atomic E-state index is 0.128. The molecule has 0 saturated carbocycles. The zero-order valence-corrected chi connectivity index (χ0v) is 15.2. The van der Waals surface area contributed by atoms with Crippen LogP contribution in [0.5, 0.6) is 0 Å². The van der Waals surface area contributed by atoms with Gasteiger partial charge in [-0.1, -0.05) is 29.8 Å². The smallest absolute Gasteiger partial charge is 0.104 e. The normalized spacial score (nSPS) is 33.3. The minimum atomic E-state index is 0.128. The Bertz CT molecular complexity index is 853. The molecule has 1 aromatic carbocycles. The Morgan fingerprint density at radius 3 is 2.92 bits per heavy atom. The second-order valence-electron chi connectivity index (χ2n) is 7.74. The predicted octanol–water partition coefficient (Wildman–Crippen LogP) is 3.21. The van der Waals surface area contributed by atoms with Crippen molar-refractivity contribution in [3.8, 4) is 0 Å². The Kier molecular flexibility index (Phi) is 3.47. The molecule has 3 aliphatic heterocycles. The number of benzene rings is 1. The zero-order valence-electron chi connectivity index (χ0n) is 15.2. The van der Waals surface area contributed by atoms with Gasteiger partial charge >= 0.3 is 0 Å². The maximum atomic E-state index is 6.40. The van der Waals surface area contributed by atoms with E-state index >= 15 is 0 Å². The van der Waals surface area contributed by atoms with Gasteiger partial charge in [-0.3, -0.25) is 4.90 Å². The third-order valence-corrected chi connectivity index (χ3v) is 6.69. The lowest BCUT2D eigenvalue weighted by Gasteiger charge is -2.51. The maximum Gasteiger partial charge on any atom is 0.104 e. The van der Waals surface area contributed by atoms with E-state index in [9.17, 15) is 0 Å².